The number of ether oxygens (including phenoxy) is 3. The fourth-order valence-corrected chi connectivity index (χ4v) is 2.29. The molecule has 2 aromatic carbocycles. The second-order valence-corrected chi connectivity index (χ2v) is 5.86. The van der Waals surface area contributed by atoms with Crippen LogP contribution in [0.2, 0.25) is 0 Å². The molecule has 0 heterocycles. The maximum atomic E-state index is 11.2. The molecule has 116 valence electrons. The average Bonchev–Trinajstić information content (AvgIpc) is 2.55. The second kappa shape index (κ2) is 8.03. The van der Waals surface area contributed by atoms with Gasteiger partial charge in [0, 0.05) is 9.99 Å². The first-order valence-corrected chi connectivity index (χ1v) is 7.87. The van der Waals surface area contributed by atoms with E-state index < -0.39 is 0 Å². The van der Waals surface area contributed by atoms with Crippen LogP contribution in [-0.2, 0) is 16.0 Å². The molecule has 0 fully saturated rings. The molecule has 0 bridgehead atoms. The first kappa shape index (κ1) is 16.6. The topological polar surface area (TPSA) is 44.8 Å². The number of hydrogen-bond donors (Lipinski definition) is 0. The molecule has 0 N–H and O–H groups in total. The van der Waals surface area contributed by atoms with Crippen LogP contribution in [0, 0.1) is 3.57 Å². The molecule has 4 nitrogen and oxygen atoms in total. The molecule has 5 heteroatoms. The lowest BCUT2D eigenvalue weighted by Crippen LogP contribution is -2.02. The molecule has 0 radical (unpaired) electrons. The van der Waals surface area contributed by atoms with Crippen LogP contribution in [0.1, 0.15) is 12.0 Å². The van der Waals surface area contributed by atoms with E-state index in [4.69, 9.17) is 9.47 Å². The summed E-state index contributed by atoms with van der Waals surface area (Å²) in [7, 11) is 2.99. The highest BCUT2D eigenvalue weighted by Crippen LogP contribution is 2.33. The number of esters is 1. The van der Waals surface area contributed by atoms with Gasteiger partial charge in [-0.15, -0.1) is 0 Å². The Kier molecular flexibility index (Phi) is 6.06. The minimum atomic E-state index is -0.226. The van der Waals surface area contributed by atoms with E-state index in [2.05, 4.69) is 27.3 Å². The van der Waals surface area contributed by atoms with E-state index in [-0.39, 0.29) is 5.97 Å². The van der Waals surface area contributed by atoms with Crippen LogP contribution < -0.4 is 9.47 Å². The molecule has 0 aliphatic rings. The zero-order chi connectivity index (χ0) is 15.9. The smallest absolute Gasteiger partial charge is 0.305 e. The number of carbonyl (C=O) groups is 1. The third-order valence-corrected chi connectivity index (χ3v) is 3.83. The summed E-state index contributed by atoms with van der Waals surface area (Å²) in [6.07, 6.45) is 0.936. The lowest BCUT2D eigenvalue weighted by Gasteiger charge is -2.12. The van der Waals surface area contributed by atoms with Crippen molar-refractivity contribution >= 4 is 28.6 Å². The molecule has 0 saturated carbocycles. The van der Waals surface area contributed by atoms with Gasteiger partial charge in [0.05, 0.1) is 14.2 Å². The van der Waals surface area contributed by atoms with E-state index >= 15 is 0 Å². The SMILES string of the molecule is COC(=O)CCc1ccc(OC)c(Oc2ccc(I)cc2)c1. The molecule has 0 aromatic heterocycles. The second-order valence-electron chi connectivity index (χ2n) is 4.62. The van der Waals surface area contributed by atoms with E-state index in [1.54, 1.807) is 7.11 Å². The summed E-state index contributed by atoms with van der Waals surface area (Å²) in [5.74, 6) is 1.80. The maximum absolute atomic E-state index is 11.2. The van der Waals surface area contributed by atoms with Gasteiger partial charge in [-0.3, -0.25) is 4.79 Å². The highest BCUT2D eigenvalue weighted by atomic mass is 127. The van der Waals surface area contributed by atoms with Crippen molar-refractivity contribution in [2.24, 2.45) is 0 Å². The van der Waals surface area contributed by atoms with Crippen molar-refractivity contribution in [2.75, 3.05) is 14.2 Å². The largest absolute Gasteiger partial charge is 0.493 e. The van der Waals surface area contributed by atoms with Gasteiger partial charge in [0.25, 0.3) is 0 Å². The Hall–Kier alpha value is -1.76. The fourth-order valence-electron chi connectivity index (χ4n) is 1.93. The van der Waals surface area contributed by atoms with Gasteiger partial charge in [0.2, 0.25) is 0 Å². The van der Waals surface area contributed by atoms with Crippen molar-refractivity contribution in [3.8, 4) is 17.2 Å². The van der Waals surface area contributed by atoms with Gasteiger partial charge in [-0.2, -0.15) is 0 Å². The van der Waals surface area contributed by atoms with Crippen molar-refractivity contribution < 1.29 is 19.0 Å². The van der Waals surface area contributed by atoms with Gasteiger partial charge in [0.1, 0.15) is 5.75 Å². The molecule has 0 aliphatic heterocycles. The van der Waals surface area contributed by atoms with Crippen LogP contribution in [0.5, 0.6) is 17.2 Å². The molecule has 0 amide bonds. The van der Waals surface area contributed by atoms with Gasteiger partial charge in [-0.05, 0) is 71.0 Å². The van der Waals surface area contributed by atoms with Crippen LogP contribution >= 0.6 is 22.6 Å². The minimum absolute atomic E-state index is 0.226. The normalized spacial score (nSPS) is 10.1. The molecule has 0 atom stereocenters. The summed E-state index contributed by atoms with van der Waals surface area (Å²) in [5, 5.41) is 0. The molecular weight excluding hydrogens is 395 g/mol. The summed E-state index contributed by atoms with van der Waals surface area (Å²) in [4.78, 5) is 11.2. The molecule has 22 heavy (non-hydrogen) atoms. The number of carbonyl (C=O) groups excluding carboxylic acids is 1. The van der Waals surface area contributed by atoms with Crippen molar-refractivity contribution in [1.29, 1.82) is 0 Å². The third-order valence-electron chi connectivity index (χ3n) is 3.11. The van der Waals surface area contributed by atoms with E-state index in [1.807, 2.05) is 42.5 Å². The third kappa shape index (κ3) is 4.62. The summed E-state index contributed by atoms with van der Waals surface area (Å²) >= 11 is 2.24. The van der Waals surface area contributed by atoms with Crippen LogP contribution in [-0.4, -0.2) is 20.2 Å². The Bertz CT molecular complexity index is 638. The van der Waals surface area contributed by atoms with E-state index in [0.717, 1.165) is 14.9 Å². The summed E-state index contributed by atoms with van der Waals surface area (Å²) in [6.45, 7) is 0. The van der Waals surface area contributed by atoms with Crippen LogP contribution in [0.4, 0.5) is 0 Å². The van der Waals surface area contributed by atoms with Crippen molar-refractivity contribution in [3.63, 3.8) is 0 Å². The quantitative estimate of drug-likeness (QED) is 0.527. The van der Waals surface area contributed by atoms with Crippen LogP contribution in [0.3, 0.4) is 0 Å². The monoisotopic (exact) mass is 412 g/mol. The first-order chi connectivity index (χ1) is 10.6. The number of hydrogen-bond acceptors (Lipinski definition) is 4. The number of aryl methyl sites for hydroxylation is 1. The van der Waals surface area contributed by atoms with Crippen molar-refractivity contribution in [1.82, 2.24) is 0 Å². The lowest BCUT2D eigenvalue weighted by atomic mass is 10.1. The Morgan fingerprint density at radius 2 is 1.77 bits per heavy atom. The van der Waals surface area contributed by atoms with Gasteiger partial charge < -0.3 is 14.2 Å². The highest BCUT2D eigenvalue weighted by molar-refractivity contribution is 14.1. The highest BCUT2D eigenvalue weighted by Gasteiger charge is 2.09. The fraction of sp³-hybridized carbons (Fsp3) is 0.235. The van der Waals surface area contributed by atoms with Gasteiger partial charge >= 0.3 is 5.97 Å². The Labute approximate surface area is 143 Å². The summed E-state index contributed by atoms with van der Waals surface area (Å²) < 4.78 is 17.0. The first-order valence-electron chi connectivity index (χ1n) is 6.79. The molecular formula is C17H17IO4. The van der Waals surface area contributed by atoms with Crippen molar-refractivity contribution in [3.05, 3.63) is 51.6 Å². The molecule has 2 rings (SSSR count). The molecule has 0 aliphatic carbocycles. The number of halogens is 1. The van der Waals surface area contributed by atoms with Gasteiger partial charge in [-0.1, -0.05) is 6.07 Å². The van der Waals surface area contributed by atoms with Crippen LogP contribution in [0.25, 0.3) is 0 Å². The predicted octanol–water partition coefficient (Wildman–Crippen LogP) is 4.20. The maximum Gasteiger partial charge on any atom is 0.305 e. The number of methoxy groups -OCH3 is 2. The Morgan fingerprint density at radius 3 is 2.41 bits per heavy atom. The molecule has 0 spiro atoms. The van der Waals surface area contributed by atoms with E-state index in [0.29, 0.717) is 24.3 Å². The van der Waals surface area contributed by atoms with Crippen LogP contribution in [0.15, 0.2) is 42.5 Å². The number of benzene rings is 2. The zero-order valence-electron chi connectivity index (χ0n) is 12.5. The predicted molar refractivity (Wildman–Crippen MR) is 92.6 cm³/mol. The average molecular weight is 412 g/mol. The van der Waals surface area contributed by atoms with Gasteiger partial charge in [0.15, 0.2) is 11.5 Å². The zero-order valence-corrected chi connectivity index (χ0v) is 14.6. The summed E-state index contributed by atoms with van der Waals surface area (Å²) in [6, 6.07) is 13.4. The van der Waals surface area contributed by atoms with E-state index in [9.17, 15) is 4.79 Å². The Balaban J connectivity index is 2.16. The summed E-state index contributed by atoms with van der Waals surface area (Å²) in [5.41, 5.74) is 0.992. The van der Waals surface area contributed by atoms with Gasteiger partial charge in [-0.25, -0.2) is 0 Å². The molecule has 0 unspecified atom stereocenters. The van der Waals surface area contributed by atoms with E-state index in [1.165, 1.54) is 7.11 Å². The minimum Gasteiger partial charge on any atom is -0.493 e. The number of rotatable bonds is 6. The lowest BCUT2D eigenvalue weighted by molar-refractivity contribution is -0.140. The van der Waals surface area contributed by atoms with Crippen molar-refractivity contribution in [2.45, 2.75) is 12.8 Å². The molecule has 2 aromatic rings. The standard InChI is InChI=1S/C17H17IO4/c1-20-15-9-3-12(4-10-17(19)21-2)11-16(15)22-14-7-5-13(18)6-8-14/h3,5-9,11H,4,10H2,1-2H3. The Morgan fingerprint density at radius 1 is 1.05 bits per heavy atom. The molecule has 0 saturated heterocycles.